The highest BCUT2D eigenvalue weighted by Gasteiger charge is 2.15. The Labute approximate surface area is 162 Å². The van der Waals surface area contributed by atoms with Gasteiger partial charge in [-0.3, -0.25) is 15.5 Å². The van der Waals surface area contributed by atoms with Crippen LogP contribution in [-0.4, -0.2) is 28.0 Å². The molecule has 0 unspecified atom stereocenters. The highest BCUT2D eigenvalue weighted by Crippen LogP contribution is 2.28. The average Bonchev–Trinajstić information content (AvgIpc) is 2.66. The third-order valence-electron chi connectivity index (χ3n) is 3.44. The number of nitro benzene ring substituents is 1. The lowest BCUT2D eigenvalue weighted by molar-refractivity contribution is -0.385. The van der Waals surface area contributed by atoms with Gasteiger partial charge in [0, 0.05) is 18.2 Å². The predicted octanol–water partition coefficient (Wildman–Crippen LogP) is 3.09. The summed E-state index contributed by atoms with van der Waals surface area (Å²) in [5.41, 5.74) is 3.77. The second kappa shape index (κ2) is 10.1. The molecule has 27 heavy (non-hydrogen) atoms. The number of hydrazone groups is 1. The number of rotatable bonds is 8. The predicted molar refractivity (Wildman–Crippen MR) is 107 cm³/mol. The number of ether oxygens (including phenoxy) is 1. The minimum atomic E-state index is -0.471. The quantitative estimate of drug-likeness (QED) is 0.276. The van der Waals surface area contributed by atoms with Crippen molar-refractivity contribution in [2.24, 2.45) is 5.10 Å². The lowest BCUT2D eigenvalue weighted by Gasteiger charge is -2.09. The van der Waals surface area contributed by atoms with Gasteiger partial charge in [0.25, 0.3) is 0 Å². The van der Waals surface area contributed by atoms with Crippen LogP contribution in [0.4, 0.5) is 5.69 Å². The second-order valence-corrected chi connectivity index (χ2v) is 5.93. The molecule has 0 bridgehead atoms. The molecule has 0 atom stereocenters. The molecule has 0 aromatic heterocycles. The van der Waals surface area contributed by atoms with Crippen LogP contribution in [0.5, 0.6) is 11.5 Å². The molecule has 0 aliphatic heterocycles. The van der Waals surface area contributed by atoms with Gasteiger partial charge in [-0.1, -0.05) is 25.1 Å². The van der Waals surface area contributed by atoms with Crippen LogP contribution in [0.2, 0.25) is 0 Å². The smallest absolute Gasteiger partial charge is 0.311 e. The maximum Gasteiger partial charge on any atom is 0.311 e. The molecule has 0 saturated carbocycles. The van der Waals surface area contributed by atoms with Crippen molar-refractivity contribution in [2.45, 2.75) is 19.9 Å². The zero-order chi connectivity index (χ0) is 19.6. The van der Waals surface area contributed by atoms with Gasteiger partial charge in [-0.05, 0) is 42.4 Å². The van der Waals surface area contributed by atoms with Crippen molar-refractivity contribution >= 4 is 29.2 Å². The Morgan fingerprint density at radius 2 is 2.15 bits per heavy atom. The molecular formula is C18H20N4O4S. The summed E-state index contributed by atoms with van der Waals surface area (Å²) >= 11 is 5.11. The zero-order valence-electron chi connectivity index (χ0n) is 14.7. The first-order valence-corrected chi connectivity index (χ1v) is 8.67. The Morgan fingerprint density at radius 1 is 1.37 bits per heavy atom. The van der Waals surface area contributed by atoms with Crippen LogP contribution in [-0.2, 0) is 6.54 Å². The molecule has 2 aromatic rings. The molecule has 2 aromatic carbocycles. The van der Waals surface area contributed by atoms with Crippen LogP contribution in [0.3, 0.4) is 0 Å². The highest BCUT2D eigenvalue weighted by atomic mass is 32.1. The van der Waals surface area contributed by atoms with Gasteiger partial charge in [0.1, 0.15) is 5.75 Å². The van der Waals surface area contributed by atoms with Gasteiger partial charge in [0.2, 0.25) is 0 Å². The van der Waals surface area contributed by atoms with Gasteiger partial charge in [0.15, 0.2) is 10.9 Å². The highest BCUT2D eigenvalue weighted by molar-refractivity contribution is 7.80. The van der Waals surface area contributed by atoms with Gasteiger partial charge in [-0.15, -0.1) is 0 Å². The first-order chi connectivity index (χ1) is 13.0. The molecule has 9 heteroatoms. The third-order valence-corrected chi connectivity index (χ3v) is 3.68. The number of nitrogens with zero attached hydrogens (tertiary/aromatic N) is 2. The SMILES string of the molecule is CCCOc1ccc(CNC(=S)NN=Cc2ccccc2O)cc1[N+](=O)[O-]. The maximum absolute atomic E-state index is 11.2. The van der Waals surface area contributed by atoms with E-state index in [-0.39, 0.29) is 28.8 Å². The van der Waals surface area contributed by atoms with Crippen molar-refractivity contribution < 1.29 is 14.8 Å². The van der Waals surface area contributed by atoms with Crippen LogP contribution in [0.15, 0.2) is 47.6 Å². The van der Waals surface area contributed by atoms with E-state index in [4.69, 9.17) is 17.0 Å². The van der Waals surface area contributed by atoms with Gasteiger partial charge < -0.3 is 15.2 Å². The maximum atomic E-state index is 11.2. The summed E-state index contributed by atoms with van der Waals surface area (Å²) in [4.78, 5) is 10.7. The second-order valence-electron chi connectivity index (χ2n) is 5.52. The molecule has 142 valence electrons. The van der Waals surface area contributed by atoms with Crippen molar-refractivity contribution in [2.75, 3.05) is 6.61 Å². The summed E-state index contributed by atoms with van der Waals surface area (Å²) in [7, 11) is 0. The monoisotopic (exact) mass is 388 g/mol. The minimum Gasteiger partial charge on any atom is -0.507 e. The Kier molecular flexibility index (Phi) is 7.50. The number of para-hydroxylation sites is 1. The van der Waals surface area contributed by atoms with Gasteiger partial charge in [-0.2, -0.15) is 5.10 Å². The number of nitrogens with one attached hydrogen (secondary N) is 2. The zero-order valence-corrected chi connectivity index (χ0v) is 15.5. The van der Waals surface area contributed by atoms with E-state index < -0.39 is 4.92 Å². The minimum absolute atomic E-state index is 0.0841. The van der Waals surface area contributed by atoms with Crippen molar-refractivity contribution in [1.82, 2.24) is 10.7 Å². The molecule has 0 aliphatic carbocycles. The Morgan fingerprint density at radius 3 is 2.85 bits per heavy atom. The Balaban J connectivity index is 1.91. The summed E-state index contributed by atoms with van der Waals surface area (Å²) in [5.74, 6) is 0.359. The molecule has 3 N–H and O–H groups in total. The van der Waals surface area contributed by atoms with E-state index in [9.17, 15) is 15.2 Å². The van der Waals surface area contributed by atoms with Crippen LogP contribution in [0.1, 0.15) is 24.5 Å². The largest absolute Gasteiger partial charge is 0.507 e. The van der Waals surface area contributed by atoms with Crippen LogP contribution >= 0.6 is 12.2 Å². The van der Waals surface area contributed by atoms with Gasteiger partial charge in [0.05, 0.1) is 17.7 Å². The van der Waals surface area contributed by atoms with Crippen LogP contribution in [0.25, 0.3) is 0 Å². The van der Waals surface area contributed by atoms with E-state index in [2.05, 4.69) is 15.8 Å². The molecule has 0 saturated heterocycles. The molecule has 0 radical (unpaired) electrons. The van der Waals surface area contributed by atoms with Crippen LogP contribution < -0.4 is 15.5 Å². The van der Waals surface area contributed by atoms with E-state index in [1.807, 2.05) is 6.92 Å². The topological polar surface area (TPSA) is 109 Å². The normalized spacial score (nSPS) is 10.6. The average molecular weight is 388 g/mol. The molecule has 0 aliphatic rings. The van der Waals surface area contributed by atoms with Crippen molar-refractivity contribution in [3.05, 3.63) is 63.7 Å². The fourth-order valence-corrected chi connectivity index (χ4v) is 2.25. The van der Waals surface area contributed by atoms with Crippen LogP contribution in [0, 0.1) is 10.1 Å². The number of thiocarbonyl (C=S) groups is 1. The van der Waals surface area contributed by atoms with Gasteiger partial charge >= 0.3 is 5.69 Å². The number of phenols is 1. The summed E-state index contributed by atoms with van der Waals surface area (Å²) in [5, 5.41) is 27.9. The summed E-state index contributed by atoms with van der Waals surface area (Å²) < 4.78 is 5.39. The number of nitro groups is 1. The summed E-state index contributed by atoms with van der Waals surface area (Å²) in [6.45, 7) is 2.63. The van der Waals surface area contributed by atoms with Crippen molar-refractivity contribution in [3.63, 3.8) is 0 Å². The fraction of sp³-hybridized carbons (Fsp3) is 0.222. The fourth-order valence-electron chi connectivity index (χ4n) is 2.13. The van der Waals surface area contributed by atoms with E-state index in [0.29, 0.717) is 17.7 Å². The number of hydrogen-bond acceptors (Lipinski definition) is 6. The number of benzene rings is 2. The third kappa shape index (κ3) is 6.23. The first-order valence-electron chi connectivity index (χ1n) is 8.26. The number of phenolic OH excluding ortho intramolecular Hbond substituents is 1. The molecular weight excluding hydrogens is 368 g/mol. The summed E-state index contributed by atoms with van der Waals surface area (Å²) in [6.07, 6.45) is 2.20. The Bertz CT molecular complexity index is 842. The lowest BCUT2D eigenvalue weighted by Crippen LogP contribution is -2.31. The molecule has 0 fully saturated rings. The lowest BCUT2D eigenvalue weighted by atomic mass is 10.2. The molecule has 0 spiro atoms. The van der Waals surface area contributed by atoms with Crippen molar-refractivity contribution in [3.8, 4) is 11.5 Å². The molecule has 0 heterocycles. The van der Waals surface area contributed by atoms with E-state index in [0.717, 1.165) is 6.42 Å². The molecule has 8 nitrogen and oxygen atoms in total. The number of hydrogen-bond donors (Lipinski definition) is 3. The summed E-state index contributed by atoms with van der Waals surface area (Å²) in [6, 6.07) is 11.5. The number of aromatic hydroxyl groups is 1. The van der Waals surface area contributed by atoms with E-state index in [1.165, 1.54) is 12.3 Å². The molecule has 0 amide bonds. The standard InChI is InChI=1S/C18H20N4O4S/c1-2-9-26-17-8-7-13(10-15(17)22(24)25)11-19-18(27)21-20-12-14-5-3-4-6-16(14)23/h3-8,10,12,23H,2,9,11H2,1H3,(H2,19,21,27). The van der Waals surface area contributed by atoms with E-state index in [1.54, 1.807) is 36.4 Å². The van der Waals surface area contributed by atoms with Crippen molar-refractivity contribution in [1.29, 1.82) is 0 Å². The van der Waals surface area contributed by atoms with E-state index >= 15 is 0 Å². The van der Waals surface area contributed by atoms with Gasteiger partial charge in [-0.25, -0.2) is 0 Å². The first kappa shape index (κ1) is 20.1. The molecule has 2 rings (SSSR count). The Hall–Kier alpha value is -3.20.